The molecule has 1 aliphatic rings. The summed E-state index contributed by atoms with van der Waals surface area (Å²) < 4.78 is 0. The fraction of sp³-hybridized carbons (Fsp3) is 0.364. The molecule has 0 unspecified atom stereocenters. The van der Waals surface area contributed by atoms with Crippen molar-refractivity contribution in [3.63, 3.8) is 0 Å². The number of amides is 2. The van der Waals surface area contributed by atoms with E-state index in [1.165, 1.54) is 0 Å². The van der Waals surface area contributed by atoms with Crippen molar-refractivity contribution in [3.05, 3.63) is 65.2 Å². The fourth-order valence-corrected chi connectivity index (χ4v) is 3.54. The molecule has 148 valence electrons. The Kier molecular flexibility index (Phi) is 6.25. The number of benzene rings is 2. The number of piperazine rings is 1. The Balaban J connectivity index is 1.56. The Morgan fingerprint density at radius 1 is 0.964 bits per heavy atom. The first-order valence-electron chi connectivity index (χ1n) is 9.50. The van der Waals surface area contributed by atoms with Crippen molar-refractivity contribution in [2.75, 3.05) is 31.1 Å². The lowest BCUT2D eigenvalue weighted by molar-refractivity contribution is -0.148. The molecule has 1 aliphatic heterocycles. The van der Waals surface area contributed by atoms with Gasteiger partial charge in [0.15, 0.2) is 0 Å². The number of carbonyl (C=O) groups is 2. The average Bonchev–Trinajstić information content (AvgIpc) is 2.73. The van der Waals surface area contributed by atoms with Crippen LogP contribution >= 0.6 is 11.6 Å². The van der Waals surface area contributed by atoms with Gasteiger partial charge in [0.2, 0.25) is 11.8 Å². The Morgan fingerprint density at radius 2 is 1.57 bits per heavy atom. The van der Waals surface area contributed by atoms with Crippen LogP contribution in [-0.2, 0) is 16.1 Å². The van der Waals surface area contributed by atoms with Gasteiger partial charge >= 0.3 is 0 Å². The number of carbonyl (C=O) groups excluding carboxylic acids is 2. The van der Waals surface area contributed by atoms with E-state index < -0.39 is 5.41 Å². The first-order valence-corrected chi connectivity index (χ1v) is 9.88. The molecule has 28 heavy (non-hydrogen) atoms. The number of anilines is 1. The molecule has 1 N–H and O–H groups in total. The van der Waals surface area contributed by atoms with Crippen molar-refractivity contribution < 1.29 is 9.59 Å². The fourth-order valence-electron chi connectivity index (χ4n) is 3.34. The normalized spacial score (nSPS) is 14.7. The number of nitrogens with zero attached hydrogens (tertiary/aromatic N) is 2. The topological polar surface area (TPSA) is 52.7 Å². The molecule has 0 spiro atoms. The summed E-state index contributed by atoms with van der Waals surface area (Å²) in [6.45, 7) is 6.39. The van der Waals surface area contributed by atoms with Gasteiger partial charge in [-0.3, -0.25) is 9.59 Å². The molecule has 6 heteroatoms. The number of hydrogen-bond donors (Lipinski definition) is 1. The van der Waals surface area contributed by atoms with Crippen molar-refractivity contribution >= 4 is 29.1 Å². The van der Waals surface area contributed by atoms with Crippen molar-refractivity contribution in [2.24, 2.45) is 5.41 Å². The maximum absolute atomic E-state index is 13.0. The minimum absolute atomic E-state index is 0.142. The molecule has 5 nitrogen and oxygen atoms in total. The highest BCUT2D eigenvalue weighted by atomic mass is 35.5. The van der Waals surface area contributed by atoms with Crippen LogP contribution in [0.2, 0.25) is 5.02 Å². The van der Waals surface area contributed by atoms with Crippen LogP contribution in [0.25, 0.3) is 0 Å². The standard InChI is InChI=1S/C22H26ClN3O2/c1-22(2,20(27)24-16-17-8-6-7-11-19(17)23)21(28)26-14-12-25(13-15-26)18-9-4-3-5-10-18/h3-11H,12-16H2,1-2H3,(H,24,27). The second-order valence-corrected chi connectivity index (χ2v) is 7.92. The Bertz CT molecular complexity index is 831. The van der Waals surface area contributed by atoms with Gasteiger partial charge < -0.3 is 15.1 Å². The molecule has 0 aliphatic carbocycles. The van der Waals surface area contributed by atoms with E-state index in [2.05, 4.69) is 22.3 Å². The lowest BCUT2D eigenvalue weighted by Gasteiger charge is -2.39. The smallest absolute Gasteiger partial charge is 0.237 e. The lowest BCUT2D eigenvalue weighted by atomic mass is 9.89. The predicted octanol–water partition coefficient (Wildman–Crippen LogP) is 3.33. The van der Waals surface area contributed by atoms with Crippen LogP contribution in [0.5, 0.6) is 0 Å². The van der Waals surface area contributed by atoms with Gasteiger partial charge in [0.05, 0.1) is 0 Å². The van der Waals surface area contributed by atoms with E-state index in [1.807, 2.05) is 36.4 Å². The van der Waals surface area contributed by atoms with Crippen LogP contribution in [0.4, 0.5) is 5.69 Å². The molecule has 0 radical (unpaired) electrons. The minimum Gasteiger partial charge on any atom is -0.368 e. The third-order valence-corrected chi connectivity index (χ3v) is 5.56. The summed E-state index contributed by atoms with van der Waals surface area (Å²) >= 11 is 6.14. The summed E-state index contributed by atoms with van der Waals surface area (Å²) in [4.78, 5) is 29.8. The number of para-hydroxylation sites is 1. The van der Waals surface area contributed by atoms with Gasteiger partial charge in [-0.05, 0) is 37.6 Å². The molecular formula is C22H26ClN3O2. The van der Waals surface area contributed by atoms with E-state index >= 15 is 0 Å². The number of hydrogen-bond acceptors (Lipinski definition) is 3. The Labute approximate surface area is 171 Å². The van der Waals surface area contributed by atoms with Crippen LogP contribution < -0.4 is 10.2 Å². The zero-order chi connectivity index (χ0) is 20.1. The van der Waals surface area contributed by atoms with E-state index in [0.29, 0.717) is 24.7 Å². The molecule has 3 rings (SSSR count). The Hall–Kier alpha value is -2.53. The van der Waals surface area contributed by atoms with Crippen LogP contribution in [0, 0.1) is 5.41 Å². The highest BCUT2D eigenvalue weighted by Gasteiger charge is 2.39. The summed E-state index contributed by atoms with van der Waals surface area (Å²) in [6, 6.07) is 17.5. The number of rotatable bonds is 5. The van der Waals surface area contributed by atoms with Crippen molar-refractivity contribution in [1.29, 1.82) is 0 Å². The molecule has 0 atom stereocenters. The highest BCUT2D eigenvalue weighted by molar-refractivity contribution is 6.31. The van der Waals surface area contributed by atoms with Gasteiger partial charge in [0.25, 0.3) is 0 Å². The third-order valence-electron chi connectivity index (χ3n) is 5.19. The van der Waals surface area contributed by atoms with Crippen LogP contribution in [0.1, 0.15) is 19.4 Å². The monoisotopic (exact) mass is 399 g/mol. The van der Waals surface area contributed by atoms with E-state index in [1.54, 1.807) is 24.8 Å². The number of halogens is 1. The van der Waals surface area contributed by atoms with Crippen LogP contribution in [-0.4, -0.2) is 42.9 Å². The molecule has 1 saturated heterocycles. The Morgan fingerprint density at radius 3 is 2.21 bits per heavy atom. The highest BCUT2D eigenvalue weighted by Crippen LogP contribution is 2.23. The zero-order valence-corrected chi connectivity index (χ0v) is 17.1. The third kappa shape index (κ3) is 4.47. The summed E-state index contributed by atoms with van der Waals surface area (Å²) in [6.07, 6.45) is 0. The SMILES string of the molecule is CC(C)(C(=O)NCc1ccccc1Cl)C(=O)N1CCN(c2ccccc2)CC1. The summed E-state index contributed by atoms with van der Waals surface area (Å²) in [5.41, 5.74) is 0.861. The van der Waals surface area contributed by atoms with E-state index in [4.69, 9.17) is 11.6 Å². The van der Waals surface area contributed by atoms with E-state index in [9.17, 15) is 9.59 Å². The summed E-state index contributed by atoms with van der Waals surface area (Å²) in [5, 5.41) is 3.45. The van der Waals surface area contributed by atoms with Gasteiger partial charge in [-0.25, -0.2) is 0 Å². The molecule has 0 aromatic heterocycles. The maximum Gasteiger partial charge on any atom is 0.237 e. The molecular weight excluding hydrogens is 374 g/mol. The largest absolute Gasteiger partial charge is 0.368 e. The minimum atomic E-state index is -1.13. The molecule has 2 aromatic rings. The average molecular weight is 400 g/mol. The van der Waals surface area contributed by atoms with E-state index in [-0.39, 0.29) is 11.8 Å². The second kappa shape index (κ2) is 8.65. The molecule has 1 heterocycles. The predicted molar refractivity (Wildman–Crippen MR) is 112 cm³/mol. The molecule has 0 bridgehead atoms. The zero-order valence-electron chi connectivity index (χ0n) is 16.3. The van der Waals surface area contributed by atoms with Crippen molar-refractivity contribution in [2.45, 2.75) is 20.4 Å². The van der Waals surface area contributed by atoms with Gasteiger partial charge in [-0.15, -0.1) is 0 Å². The maximum atomic E-state index is 13.0. The van der Waals surface area contributed by atoms with E-state index in [0.717, 1.165) is 24.3 Å². The molecule has 2 aromatic carbocycles. The number of nitrogens with one attached hydrogen (secondary N) is 1. The quantitative estimate of drug-likeness (QED) is 0.784. The molecule has 2 amide bonds. The summed E-state index contributed by atoms with van der Waals surface area (Å²) in [5.74, 6) is -0.431. The van der Waals surface area contributed by atoms with Gasteiger partial charge in [0.1, 0.15) is 5.41 Å². The van der Waals surface area contributed by atoms with Gasteiger partial charge in [-0.2, -0.15) is 0 Å². The van der Waals surface area contributed by atoms with Gasteiger partial charge in [-0.1, -0.05) is 48.0 Å². The first-order chi connectivity index (χ1) is 13.4. The summed E-state index contributed by atoms with van der Waals surface area (Å²) in [7, 11) is 0. The van der Waals surface area contributed by atoms with Crippen molar-refractivity contribution in [1.82, 2.24) is 10.2 Å². The van der Waals surface area contributed by atoms with Gasteiger partial charge in [0, 0.05) is 43.4 Å². The molecule has 0 saturated carbocycles. The second-order valence-electron chi connectivity index (χ2n) is 7.51. The first kappa shape index (κ1) is 20.2. The van der Waals surface area contributed by atoms with Crippen LogP contribution in [0.3, 0.4) is 0 Å². The molecule has 1 fully saturated rings. The van der Waals surface area contributed by atoms with Crippen LogP contribution in [0.15, 0.2) is 54.6 Å². The van der Waals surface area contributed by atoms with Crippen molar-refractivity contribution in [3.8, 4) is 0 Å². The lowest BCUT2D eigenvalue weighted by Crippen LogP contribution is -2.55.